The SMILES string of the molecule is C=CC(C1NC(=O)NC1=O)N1CCOCC1. The van der Waals surface area contributed by atoms with E-state index >= 15 is 0 Å². The summed E-state index contributed by atoms with van der Waals surface area (Å²) in [5.74, 6) is -0.290. The monoisotopic (exact) mass is 225 g/mol. The van der Waals surface area contributed by atoms with Crippen molar-refractivity contribution in [3.8, 4) is 0 Å². The highest BCUT2D eigenvalue weighted by Crippen LogP contribution is 2.11. The number of ether oxygens (including phenoxy) is 1. The van der Waals surface area contributed by atoms with Gasteiger partial charge in [0.05, 0.1) is 19.3 Å². The second-order valence-corrected chi connectivity index (χ2v) is 3.82. The Bertz CT molecular complexity index is 312. The van der Waals surface area contributed by atoms with Crippen molar-refractivity contribution in [2.24, 2.45) is 0 Å². The van der Waals surface area contributed by atoms with Crippen LogP contribution >= 0.6 is 0 Å². The molecular weight excluding hydrogens is 210 g/mol. The van der Waals surface area contributed by atoms with E-state index in [4.69, 9.17) is 4.74 Å². The molecule has 2 atom stereocenters. The molecule has 0 aromatic heterocycles. The van der Waals surface area contributed by atoms with Crippen LogP contribution in [0.1, 0.15) is 0 Å². The molecule has 6 nitrogen and oxygen atoms in total. The molecule has 2 unspecified atom stereocenters. The van der Waals surface area contributed by atoms with Crippen LogP contribution in [0.2, 0.25) is 0 Å². The molecule has 2 saturated heterocycles. The fourth-order valence-corrected chi connectivity index (χ4v) is 2.04. The van der Waals surface area contributed by atoms with E-state index in [1.165, 1.54) is 0 Å². The average molecular weight is 225 g/mol. The molecule has 0 bridgehead atoms. The van der Waals surface area contributed by atoms with Gasteiger partial charge in [0, 0.05) is 13.1 Å². The number of hydrogen-bond donors (Lipinski definition) is 2. The van der Waals surface area contributed by atoms with Gasteiger partial charge in [-0.3, -0.25) is 15.0 Å². The van der Waals surface area contributed by atoms with Gasteiger partial charge in [-0.25, -0.2) is 4.79 Å². The summed E-state index contributed by atoms with van der Waals surface area (Å²) >= 11 is 0. The maximum absolute atomic E-state index is 11.5. The van der Waals surface area contributed by atoms with Crippen LogP contribution in [0.5, 0.6) is 0 Å². The molecule has 0 spiro atoms. The lowest BCUT2D eigenvalue weighted by atomic mass is 10.1. The number of rotatable bonds is 3. The van der Waals surface area contributed by atoms with Crippen molar-refractivity contribution in [1.82, 2.24) is 15.5 Å². The normalized spacial score (nSPS) is 28.4. The molecular formula is C10H15N3O3. The summed E-state index contributed by atoms with van der Waals surface area (Å²) in [6.45, 7) is 6.51. The van der Waals surface area contributed by atoms with E-state index in [0.717, 1.165) is 13.1 Å². The number of nitrogens with zero attached hydrogens (tertiary/aromatic N) is 1. The molecule has 2 N–H and O–H groups in total. The van der Waals surface area contributed by atoms with Crippen molar-refractivity contribution in [2.75, 3.05) is 26.3 Å². The minimum Gasteiger partial charge on any atom is -0.379 e. The van der Waals surface area contributed by atoms with Crippen molar-refractivity contribution < 1.29 is 14.3 Å². The van der Waals surface area contributed by atoms with Gasteiger partial charge >= 0.3 is 6.03 Å². The van der Waals surface area contributed by atoms with Gasteiger partial charge in [0.1, 0.15) is 6.04 Å². The van der Waals surface area contributed by atoms with Gasteiger partial charge in [-0.2, -0.15) is 0 Å². The molecule has 2 heterocycles. The average Bonchev–Trinajstić information content (AvgIpc) is 2.61. The van der Waals surface area contributed by atoms with E-state index in [9.17, 15) is 9.59 Å². The number of nitrogens with one attached hydrogen (secondary N) is 2. The van der Waals surface area contributed by atoms with Crippen molar-refractivity contribution >= 4 is 11.9 Å². The van der Waals surface area contributed by atoms with Crippen molar-refractivity contribution in [1.29, 1.82) is 0 Å². The first-order valence-electron chi connectivity index (χ1n) is 5.28. The topological polar surface area (TPSA) is 70.7 Å². The number of carbonyl (C=O) groups excluding carboxylic acids is 2. The number of urea groups is 1. The number of imide groups is 1. The van der Waals surface area contributed by atoms with Gasteiger partial charge in [-0.1, -0.05) is 6.08 Å². The Morgan fingerprint density at radius 1 is 1.44 bits per heavy atom. The zero-order valence-electron chi connectivity index (χ0n) is 8.94. The predicted molar refractivity (Wildman–Crippen MR) is 56.8 cm³/mol. The molecule has 88 valence electrons. The van der Waals surface area contributed by atoms with E-state index in [2.05, 4.69) is 22.1 Å². The Morgan fingerprint density at radius 3 is 2.62 bits per heavy atom. The van der Waals surface area contributed by atoms with Gasteiger partial charge in [0.25, 0.3) is 5.91 Å². The minimum absolute atomic E-state index is 0.171. The van der Waals surface area contributed by atoms with Gasteiger partial charge in [0.2, 0.25) is 0 Å². The molecule has 3 amide bonds. The fourth-order valence-electron chi connectivity index (χ4n) is 2.04. The van der Waals surface area contributed by atoms with Crippen molar-refractivity contribution in [3.05, 3.63) is 12.7 Å². The molecule has 0 aromatic carbocycles. The van der Waals surface area contributed by atoms with E-state index in [1.54, 1.807) is 6.08 Å². The Morgan fingerprint density at radius 2 is 2.12 bits per heavy atom. The molecule has 0 saturated carbocycles. The molecule has 16 heavy (non-hydrogen) atoms. The number of carbonyl (C=O) groups is 2. The highest BCUT2D eigenvalue weighted by atomic mass is 16.5. The fraction of sp³-hybridized carbons (Fsp3) is 0.600. The first kappa shape index (κ1) is 11.1. The van der Waals surface area contributed by atoms with Crippen LogP contribution in [0, 0.1) is 0 Å². The minimum atomic E-state index is -0.539. The Kier molecular flexibility index (Phi) is 3.21. The van der Waals surface area contributed by atoms with Gasteiger partial charge in [-0.05, 0) is 0 Å². The highest BCUT2D eigenvalue weighted by molar-refractivity contribution is 6.04. The molecule has 2 rings (SSSR count). The van der Waals surface area contributed by atoms with Crippen LogP contribution in [0.25, 0.3) is 0 Å². The lowest BCUT2D eigenvalue weighted by molar-refractivity contribution is -0.121. The van der Waals surface area contributed by atoms with E-state index in [-0.39, 0.29) is 11.9 Å². The summed E-state index contributed by atoms with van der Waals surface area (Å²) in [6, 6.07) is -1.14. The maximum Gasteiger partial charge on any atom is 0.322 e. The second kappa shape index (κ2) is 4.63. The number of hydrogen-bond acceptors (Lipinski definition) is 4. The lowest BCUT2D eigenvalue weighted by Gasteiger charge is -2.34. The smallest absolute Gasteiger partial charge is 0.322 e. The molecule has 6 heteroatoms. The zero-order chi connectivity index (χ0) is 11.5. The first-order valence-corrected chi connectivity index (χ1v) is 5.28. The quantitative estimate of drug-likeness (QED) is 0.481. The Hall–Kier alpha value is -1.40. The summed E-state index contributed by atoms with van der Waals surface area (Å²) in [6.07, 6.45) is 1.70. The van der Waals surface area contributed by atoms with Crippen molar-refractivity contribution in [2.45, 2.75) is 12.1 Å². The summed E-state index contributed by atoms with van der Waals surface area (Å²) in [5.41, 5.74) is 0. The molecule has 2 aliphatic rings. The van der Waals surface area contributed by atoms with Gasteiger partial charge in [0.15, 0.2) is 0 Å². The van der Waals surface area contributed by atoms with E-state index in [1.807, 2.05) is 0 Å². The molecule has 0 radical (unpaired) electrons. The van der Waals surface area contributed by atoms with Gasteiger partial charge < -0.3 is 10.1 Å². The summed E-state index contributed by atoms with van der Waals surface area (Å²) in [4.78, 5) is 24.7. The first-order chi connectivity index (χ1) is 7.72. The van der Waals surface area contributed by atoms with Crippen LogP contribution < -0.4 is 10.6 Å². The van der Waals surface area contributed by atoms with Crippen LogP contribution in [0.15, 0.2) is 12.7 Å². The Labute approximate surface area is 93.6 Å². The van der Waals surface area contributed by atoms with Gasteiger partial charge in [-0.15, -0.1) is 6.58 Å². The Balaban J connectivity index is 2.06. The molecule has 0 aromatic rings. The third kappa shape index (κ3) is 2.07. The third-order valence-electron chi connectivity index (χ3n) is 2.86. The summed E-state index contributed by atoms with van der Waals surface area (Å²) in [7, 11) is 0. The second-order valence-electron chi connectivity index (χ2n) is 3.82. The summed E-state index contributed by atoms with van der Waals surface area (Å²) in [5, 5.41) is 4.82. The largest absolute Gasteiger partial charge is 0.379 e. The predicted octanol–water partition coefficient (Wildman–Crippen LogP) is -0.919. The zero-order valence-corrected chi connectivity index (χ0v) is 8.94. The van der Waals surface area contributed by atoms with Crippen LogP contribution in [0.4, 0.5) is 4.79 Å². The van der Waals surface area contributed by atoms with Crippen molar-refractivity contribution in [3.63, 3.8) is 0 Å². The molecule has 0 aliphatic carbocycles. The van der Waals surface area contributed by atoms with Crippen LogP contribution in [-0.4, -0.2) is 55.2 Å². The van der Waals surface area contributed by atoms with Crippen LogP contribution in [0.3, 0.4) is 0 Å². The number of morpholine rings is 1. The molecule has 2 fully saturated rings. The van der Waals surface area contributed by atoms with Crippen LogP contribution in [-0.2, 0) is 9.53 Å². The standard InChI is InChI=1S/C10H15N3O3/c1-2-7(13-3-5-16-6-4-13)8-9(14)12-10(15)11-8/h2,7-8H,1,3-6H2,(H2,11,12,14,15). The van der Waals surface area contributed by atoms with E-state index in [0.29, 0.717) is 13.2 Å². The number of amides is 3. The third-order valence-corrected chi connectivity index (χ3v) is 2.86. The summed E-state index contributed by atoms with van der Waals surface area (Å²) < 4.78 is 5.24. The maximum atomic E-state index is 11.5. The molecule has 2 aliphatic heterocycles. The highest BCUT2D eigenvalue weighted by Gasteiger charge is 2.37. The van der Waals surface area contributed by atoms with E-state index < -0.39 is 12.1 Å². The lowest BCUT2D eigenvalue weighted by Crippen LogP contribution is -2.53.